The van der Waals surface area contributed by atoms with Crippen molar-refractivity contribution in [1.29, 1.82) is 0 Å². The van der Waals surface area contributed by atoms with E-state index in [4.69, 9.17) is 4.74 Å². The standard InChI is InChI=1S/C14H26O3/c1-12-9-7-5-3-2-4-6-8-10-13(15)11-14(16)17-12/h12-13,15H,2-11H2,1H3/t12?,13-/m1/s1. The first kappa shape index (κ1) is 14.5. The number of esters is 1. The molecule has 0 aliphatic carbocycles. The van der Waals surface area contributed by atoms with Gasteiger partial charge < -0.3 is 9.84 Å². The van der Waals surface area contributed by atoms with Crippen LogP contribution in [0.4, 0.5) is 0 Å². The van der Waals surface area contributed by atoms with E-state index in [1.165, 1.54) is 32.1 Å². The van der Waals surface area contributed by atoms with Crippen LogP contribution in [-0.4, -0.2) is 23.3 Å². The summed E-state index contributed by atoms with van der Waals surface area (Å²) < 4.78 is 5.27. The Morgan fingerprint density at radius 2 is 1.53 bits per heavy atom. The van der Waals surface area contributed by atoms with Crippen LogP contribution in [0, 0.1) is 0 Å². The lowest BCUT2D eigenvalue weighted by molar-refractivity contribution is -0.150. The second kappa shape index (κ2) is 8.51. The lowest BCUT2D eigenvalue weighted by Crippen LogP contribution is -2.20. The second-order valence-electron chi connectivity index (χ2n) is 5.21. The molecular formula is C14H26O3. The van der Waals surface area contributed by atoms with Crippen molar-refractivity contribution in [2.75, 3.05) is 0 Å². The second-order valence-corrected chi connectivity index (χ2v) is 5.21. The first-order chi connectivity index (χ1) is 8.18. The molecule has 17 heavy (non-hydrogen) atoms. The van der Waals surface area contributed by atoms with Crippen LogP contribution < -0.4 is 0 Å². The third kappa shape index (κ3) is 7.37. The maximum Gasteiger partial charge on any atom is 0.308 e. The maximum atomic E-state index is 11.5. The zero-order valence-corrected chi connectivity index (χ0v) is 11.0. The van der Waals surface area contributed by atoms with Gasteiger partial charge in [-0.1, -0.05) is 38.5 Å². The molecule has 0 radical (unpaired) electrons. The van der Waals surface area contributed by atoms with Crippen LogP contribution in [0.1, 0.15) is 71.1 Å². The van der Waals surface area contributed by atoms with Crippen molar-refractivity contribution in [1.82, 2.24) is 0 Å². The number of carbonyl (C=O) groups is 1. The number of hydrogen-bond donors (Lipinski definition) is 1. The van der Waals surface area contributed by atoms with Gasteiger partial charge in [-0.05, 0) is 26.2 Å². The van der Waals surface area contributed by atoms with Crippen molar-refractivity contribution < 1.29 is 14.6 Å². The Hall–Kier alpha value is -0.570. The molecule has 3 nitrogen and oxygen atoms in total. The fraction of sp³-hybridized carbons (Fsp3) is 0.929. The quantitative estimate of drug-likeness (QED) is 0.664. The zero-order chi connectivity index (χ0) is 12.5. The molecule has 1 rings (SSSR count). The highest BCUT2D eigenvalue weighted by Crippen LogP contribution is 2.15. The molecule has 0 spiro atoms. The van der Waals surface area contributed by atoms with E-state index in [1.807, 2.05) is 6.92 Å². The van der Waals surface area contributed by atoms with E-state index >= 15 is 0 Å². The molecule has 1 heterocycles. The van der Waals surface area contributed by atoms with E-state index in [0.29, 0.717) is 0 Å². The van der Waals surface area contributed by atoms with Crippen LogP contribution in [-0.2, 0) is 9.53 Å². The molecule has 0 amide bonds. The Morgan fingerprint density at radius 1 is 1.00 bits per heavy atom. The fourth-order valence-corrected chi connectivity index (χ4v) is 2.32. The minimum absolute atomic E-state index is 0.00218. The number of aliphatic hydroxyl groups excluding tert-OH is 1. The molecular weight excluding hydrogens is 216 g/mol. The minimum atomic E-state index is -0.516. The molecule has 2 atom stereocenters. The van der Waals surface area contributed by atoms with Gasteiger partial charge in [0.25, 0.3) is 0 Å². The lowest BCUT2D eigenvalue weighted by Gasteiger charge is -2.16. The largest absolute Gasteiger partial charge is 0.463 e. The van der Waals surface area contributed by atoms with Gasteiger partial charge in [-0.15, -0.1) is 0 Å². The number of ether oxygens (including phenoxy) is 1. The molecule has 1 saturated heterocycles. The third-order valence-corrected chi connectivity index (χ3v) is 3.38. The van der Waals surface area contributed by atoms with E-state index in [0.717, 1.165) is 25.7 Å². The minimum Gasteiger partial charge on any atom is -0.463 e. The van der Waals surface area contributed by atoms with Crippen LogP contribution in [0.25, 0.3) is 0 Å². The number of aliphatic hydroxyl groups is 1. The van der Waals surface area contributed by atoms with E-state index in [2.05, 4.69) is 0 Å². The summed E-state index contributed by atoms with van der Waals surface area (Å²) >= 11 is 0. The Labute approximate surface area is 105 Å². The third-order valence-electron chi connectivity index (χ3n) is 3.38. The molecule has 0 bridgehead atoms. The summed E-state index contributed by atoms with van der Waals surface area (Å²) in [6.45, 7) is 1.94. The van der Waals surface area contributed by atoms with Gasteiger partial charge in [0.1, 0.15) is 0 Å². The van der Waals surface area contributed by atoms with E-state index in [9.17, 15) is 9.90 Å². The predicted molar refractivity (Wildman–Crippen MR) is 67.7 cm³/mol. The monoisotopic (exact) mass is 242 g/mol. The van der Waals surface area contributed by atoms with Crippen molar-refractivity contribution in [3.05, 3.63) is 0 Å². The average molecular weight is 242 g/mol. The summed E-state index contributed by atoms with van der Waals surface area (Å²) in [5.41, 5.74) is 0. The highest BCUT2D eigenvalue weighted by Gasteiger charge is 2.14. The molecule has 1 unspecified atom stereocenters. The number of hydrogen-bond acceptors (Lipinski definition) is 3. The molecule has 1 aliphatic rings. The van der Waals surface area contributed by atoms with Gasteiger partial charge in [-0.25, -0.2) is 0 Å². The van der Waals surface area contributed by atoms with Crippen LogP contribution in [0.15, 0.2) is 0 Å². The SMILES string of the molecule is CC1CCCCCCCCC[C@@H](O)CC(=O)O1. The van der Waals surface area contributed by atoms with E-state index in [1.54, 1.807) is 0 Å². The molecule has 0 aromatic heterocycles. The smallest absolute Gasteiger partial charge is 0.308 e. The van der Waals surface area contributed by atoms with Gasteiger partial charge in [0.15, 0.2) is 0 Å². The van der Waals surface area contributed by atoms with Gasteiger partial charge >= 0.3 is 5.97 Å². The van der Waals surface area contributed by atoms with E-state index < -0.39 is 6.10 Å². The Kier molecular flexibility index (Phi) is 7.25. The Balaban J connectivity index is 2.34. The van der Waals surface area contributed by atoms with Gasteiger partial charge in [-0.3, -0.25) is 4.79 Å². The van der Waals surface area contributed by atoms with Crippen molar-refractivity contribution in [2.24, 2.45) is 0 Å². The molecule has 0 aromatic rings. The average Bonchev–Trinajstić information content (AvgIpc) is 2.25. The molecule has 1 aliphatic heterocycles. The number of carbonyl (C=O) groups excluding carboxylic acids is 1. The zero-order valence-electron chi connectivity index (χ0n) is 11.0. The van der Waals surface area contributed by atoms with Crippen LogP contribution >= 0.6 is 0 Å². The Bertz CT molecular complexity index is 196. The highest BCUT2D eigenvalue weighted by molar-refractivity contribution is 5.70. The van der Waals surface area contributed by atoms with Gasteiger partial charge in [-0.2, -0.15) is 0 Å². The Morgan fingerprint density at radius 3 is 2.18 bits per heavy atom. The van der Waals surface area contributed by atoms with E-state index in [-0.39, 0.29) is 18.5 Å². The van der Waals surface area contributed by atoms with Gasteiger partial charge in [0.2, 0.25) is 0 Å². The van der Waals surface area contributed by atoms with Crippen LogP contribution in [0.5, 0.6) is 0 Å². The van der Waals surface area contributed by atoms with Gasteiger partial charge in [0.05, 0.1) is 18.6 Å². The molecule has 1 N–H and O–H groups in total. The summed E-state index contributed by atoms with van der Waals surface area (Å²) in [6.07, 6.45) is 9.71. The lowest BCUT2D eigenvalue weighted by atomic mass is 10.0. The molecule has 0 saturated carbocycles. The summed E-state index contributed by atoms with van der Waals surface area (Å²) in [7, 11) is 0. The summed E-state index contributed by atoms with van der Waals surface area (Å²) in [5.74, 6) is -0.248. The summed E-state index contributed by atoms with van der Waals surface area (Å²) in [4.78, 5) is 11.5. The topological polar surface area (TPSA) is 46.5 Å². The molecule has 100 valence electrons. The van der Waals surface area contributed by atoms with Crippen molar-refractivity contribution in [2.45, 2.75) is 83.3 Å². The first-order valence-electron chi connectivity index (χ1n) is 7.06. The van der Waals surface area contributed by atoms with Crippen molar-refractivity contribution >= 4 is 5.97 Å². The maximum absolute atomic E-state index is 11.5. The number of cyclic esters (lactones) is 1. The van der Waals surface area contributed by atoms with Gasteiger partial charge in [0, 0.05) is 0 Å². The van der Waals surface area contributed by atoms with Crippen LogP contribution in [0.2, 0.25) is 0 Å². The number of rotatable bonds is 0. The summed E-state index contributed by atoms with van der Waals surface area (Å²) in [6, 6.07) is 0. The molecule has 0 aromatic carbocycles. The molecule has 1 fully saturated rings. The first-order valence-corrected chi connectivity index (χ1v) is 7.06. The van der Waals surface area contributed by atoms with Crippen molar-refractivity contribution in [3.8, 4) is 0 Å². The van der Waals surface area contributed by atoms with Crippen LogP contribution in [0.3, 0.4) is 0 Å². The highest BCUT2D eigenvalue weighted by atomic mass is 16.5. The molecule has 3 heteroatoms. The fourth-order valence-electron chi connectivity index (χ4n) is 2.32. The normalized spacial score (nSPS) is 30.4. The van der Waals surface area contributed by atoms with Crippen molar-refractivity contribution in [3.63, 3.8) is 0 Å². The predicted octanol–water partition coefficient (Wildman–Crippen LogP) is 3.19. The summed E-state index contributed by atoms with van der Waals surface area (Å²) in [5, 5.41) is 9.67.